The molecule has 1 heterocycles. The minimum atomic E-state index is -1.20. The van der Waals surface area contributed by atoms with Gasteiger partial charge < -0.3 is 15.4 Å². The number of rotatable bonds is 4. The number of hydrogen-bond acceptors (Lipinski definition) is 3. The van der Waals surface area contributed by atoms with Crippen molar-refractivity contribution in [3.63, 3.8) is 0 Å². The molecule has 3 N–H and O–H groups in total. The molecule has 2 aromatic carbocycles. The topological polar surface area (TPSA) is 82.2 Å². The second-order valence-corrected chi connectivity index (χ2v) is 5.32. The van der Waals surface area contributed by atoms with E-state index in [1.807, 2.05) is 0 Å². The van der Waals surface area contributed by atoms with Gasteiger partial charge in [0.25, 0.3) is 5.91 Å². The predicted molar refractivity (Wildman–Crippen MR) is 88.3 cm³/mol. The number of fused-ring (bicyclic) bond motifs is 1. The number of para-hydroxylation sites is 1. The van der Waals surface area contributed by atoms with E-state index in [9.17, 15) is 19.1 Å². The van der Waals surface area contributed by atoms with Gasteiger partial charge >= 0.3 is 0 Å². The lowest BCUT2D eigenvalue weighted by Crippen LogP contribution is -2.32. The molecule has 0 radical (unpaired) electrons. The molecule has 1 amide bonds. The van der Waals surface area contributed by atoms with Gasteiger partial charge in [-0.1, -0.05) is 30.3 Å². The lowest BCUT2D eigenvalue weighted by molar-refractivity contribution is 0.0913. The van der Waals surface area contributed by atoms with Crippen molar-refractivity contribution < 1.29 is 14.3 Å². The van der Waals surface area contributed by atoms with Gasteiger partial charge in [0.05, 0.1) is 6.10 Å². The van der Waals surface area contributed by atoms with Crippen LogP contribution in [0, 0.1) is 5.82 Å². The Morgan fingerprint density at radius 1 is 1.17 bits per heavy atom. The van der Waals surface area contributed by atoms with Crippen LogP contribution >= 0.6 is 0 Å². The molecule has 6 heteroatoms. The van der Waals surface area contributed by atoms with Crippen molar-refractivity contribution in [1.29, 1.82) is 0 Å². The zero-order valence-electron chi connectivity index (χ0n) is 12.6. The molecule has 0 fully saturated rings. The number of H-pyrrole nitrogens is 1. The van der Waals surface area contributed by atoms with Crippen LogP contribution in [0.15, 0.2) is 59.5 Å². The fraction of sp³-hybridized carbons (Fsp3) is 0.111. The highest BCUT2D eigenvalue weighted by atomic mass is 19.1. The number of aromatic amines is 1. The summed E-state index contributed by atoms with van der Waals surface area (Å²) in [5.74, 6) is -1.18. The normalized spacial score (nSPS) is 12.1. The zero-order chi connectivity index (χ0) is 17.1. The number of aliphatic hydroxyl groups excluding tert-OH is 1. The molecule has 0 bridgehead atoms. The van der Waals surface area contributed by atoms with Crippen LogP contribution in [-0.4, -0.2) is 22.5 Å². The summed E-state index contributed by atoms with van der Waals surface area (Å²) < 4.78 is 13.6. The molecule has 1 unspecified atom stereocenters. The molecule has 0 saturated heterocycles. The van der Waals surface area contributed by atoms with Crippen molar-refractivity contribution in [2.24, 2.45) is 0 Å². The first-order valence-electron chi connectivity index (χ1n) is 7.39. The van der Waals surface area contributed by atoms with E-state index in [1.165, 1.54) is 24.4 Å². The van der Waals surface area contributed by atoms with Crippen LogP contribution in [-0.2, 0) is 0 Å². The third-order valence-corrected chi connectivity index (χ3v) is 3.75. The summed E-state index contributed by atoms with van der Waals surface area (Å²) >= 11 is 0. The highest BCUT2D eigenvalue weighted by Crippen LogP contribution is 2.15. The number of amides is 1. The Balaban J connectivity index is 1.77. The highest BCUT2D eigenvalue weighted by molar-refractivity contribution is 5.97. The standard InChI is InChI=1S/C18H15FN2O3/c19-14-7-3-1-5-11(14)16(22)10-21-18(24)13-9-20-15-8-4-2-6-12(15)17(13)23/h1-9,16,22H,10H2,(H,20,23)(H,21,24). The molecule has 5 nitrogen and oxygen atoms in total. The van der Waals surface area contributed by atoms with Crippen LogP contribution in [0.4, 0.5) is 4.39 Å². The van der Waals surface area contributed by atoms with Gasteiger partial charge in [0.15, 0.2) is 0 Å². The molecule has 0 spiro atoms. The van der Waals surface area contributed by atoms with E-state index in [0.717, 1.165) is 0 Å². The van der Waals surface area contributed by atoms with Crippen LogP contribution in [0.1, 0.15) is 22.0 Å². The summed E-state index contributed by atoms with van der Waals surface area (Å²) in [5.41, 5.74) is 0.257. The van der Waals surface area contributed by atoms with Gasteiger partial charge in [-0.05, 0) is 18.2 Å². The Morgan fingerprint density at radius 2 is 1.88 bits per heavy atom. The first kappa shape index (κ1) is 15.9. The molecule has 1 aromatic heterocycles. The summed E-state index contributed by atoms with van der Waals surface area (Å²) in [6.45, 7) is -0.202. The summed E-state index contributed by atoms with van der Waals surface area (Å²) in [6, 6.07) is 12.6. The number of nitrogens with one attached hydrogen (secondary N) is 2. The Bertz CT molecular complexity index is 952. The van der Waals surface area contributed by atoms with Crippen LogP contribution in [0.5, 0.6) is 0 Å². The number of halogens is 1. The Labute approximate surface area is 136 Å². The average molecular weight is 326 g/mol. The summed E-state index contributed by atoms with van der Waals surface area (Å²) in [4.78, 5) is 27.4. The van der Waals surface area contributed by atoms with Crippen molar-refractivity contribution in [3.8, 4) is 0 Å². The number of aromatic nitrogens is 1. The van der Waals surface area contributed by atoms with E-state index in [2.05, 4.69) is 10.3 Å². The van der Waals surface area contributed by atoms with Crippen molar-refractivity contribution in [1.82, 2.24) is 10.3 Å². The van der Waals surface area contributed by atoms with Crippen LogP contribution in [0.3, 0.4) is 0 Å². The quantitative estimate of drug-likeness (QED) is 0.687. The first-order chi connectivity index (χ1) is 11.6. The molecular weight excluding hydrogens is 311 g/mol. The number of benzene rings is 2. The van der Waals surface area contributed by atoms with Gasteiger partial charge in [-0.25, -0.2) is 4.39 Å². The molecule has 0 aliphatic rings. The van der Waals surface area contributed by atoms with Gasteiger partial charge in [0.2, 0.25) is 5.43 Å². The second-order valence-electron chi connectivity index (χ2n) is 5.32. The van der Waals surface area contributed by atoms with Gasteiger partial charge in [-0.15, -0.1) is 0 Å². The Morgan fingerprint density at radius 3 is 2.67 bits per heavy atom. The summed E-state index contributed by atoms with van der Waals surface area (Å²) in [5, 5.41) is 12.9. The smallest absolute Gasteiger partial charge is 0.256 e. The van der Waals surface area contributed by atoms with Crippen LogP contribution in [0.25, 0.3) is 10.9 Å². The number of aliphatic hydroxyl groups is 1. The zero-order valence-corrected chi connectivity index (χ0v) is 12.6. The SMILES string of the molecule is O=C(NCC(O)c1ccccc1F)c1c[nH]c2ccccc2c1=O. The minimum absolute atomic E-state index is 0.0607. The van der Waals surface area contributed by atoms with Gasteiger partial charge in [0.1, 0.15) is 11.4 Å². The maximum absolute atomic E-state index is 13.6. The first-order valence-corrected chi connectivity index (χ1v) is 7.39. The third-order valence-electron chi connectivity index (χ3n) is 3.75. The van der Waals surface area contributed by atoms with E-state index >= 15 is 0 Å². The largest absolute Gasteiger partial charge is 0.386 e. The number of pyridine rings is 1. The van der Waals surface area contributed by atoms with E-state index in [4.69, 9.17) is 0 Å². The van der Waals surface area contributed by atoms with Gasteiger partial charge in [0, 0.05) is 29.2 Å². The molecule has 0 saturated carbocycles. The number of carbonyl (C=O) groups is 1. The fourth-order valence-electron chi connectivity index (χ4n) is 2.48. The fourth-order valence-corrected chi connectivity index (χ4v) is 2.48. The predicted octanol–water partition coefficient (Wildman–Crippen LogP) is 2.13. The molecular formula is C18H15FN2O3. The molecule has 1 atom stereocenters. The molecule has 0 aliphatic carbocycles. The van der Waals surface area contributed by atoms with Crippen molar-refractivity contribution in [3.05, 3.63) is 81.9 Å². The van der Waals surface area contributed by atoms with E-state index < -0.39 is 23.3 Å². The molecule has 122 valence electrons. The average Bonchev–Trinajstić information content (AvgIpc) is 2.60. The Hall–Kier alpha value is -2.99. The number of hydrogen-bond donors (Lipinski definition) is 3. The van der Waals surface area contributed by atoms with E-state index in [-0.39, 0.29) is 17.7 Å². The summed E-state index contributed by atoms with van der Waals surface area (Å²) in [6.07, 6.45) is 0.129. The van der Waals surface area contributed by atoms with Crippen molar-refractivity contribution in [2.75, 3.05) is 6.54 Å². The van der Waals surface area contributed by atoms with Crippen LogP contribution in [0.2, 0.25) is 0 Å². The minimum Gasteiger partial charge on any atom is -0.386 e. The number of carbonyl (C=O) groups excluding carboxylic acids is 1. The van der Waals surface area contributed by atoms with E-state index in [0.29, 0.717) is 10.9 Å². The summed E-state index contributed by atoms with van der Waals surface area (Å²) in [7, 11) is 0. The highest BCUT2D eigenvalue weighted by Gasteiger charge is 2.16. The van der Waals surface area contributed by atoms with Crippen molar-refractivity contribution in [2.45, 2.75) is 6.10 Å². The maximum Gasteiger partial charge on any atom is 0.256 e. The van der Waals surface area contributed by atoms with Crippen molar-refractivity contribution >= 4 is 16.8 Å². The van der Waals surface area contributed by atoms with E-state index in [1.54, 1.807) is 30.3 Å². The third kappa shape index (κ3) is 3.04. The van der Waals surface area contributed by atoms with Crippen LogP contribution < -0.4 is 10.7 Å². The monoisotopic (exact) mass is 326 g/mol. The van der Waals surface area contributed by atoms with Gasteiger partial charge in [-0.2, -0.15) is 0 Å². The maximum atomic E-state index is 13.6. The molecule has 0 aliphatic heterocycles. The van der Waals surface area contributed by atoms with Gasteiger partial charge in [-0.3, -0.25) is 9.59 Å². The lowest BCUT2D eigenvalue weighted by Gasteiger charge is -2.13. The lowest BCUT2D eigenvalue weighted by atomic mass is 10.1. The second kappa shape index (κ2) is 6.64. The molecule has 3 rings (SSSR count). The Kier molecular flexibility index (Phi) is 4.39. The molecule has 3 aromatic rings. The molecule has 24 heavy (non-hydrogen) atoms.